The molecule has 0 radical (unpaired) electrons. The maximum Gasteiger partial charge on any atom is 0.223 e. The molecular formula is C23H27BrN2O3. The summed E-state index contributed by atoms with van der Waals surface area (Å²) < 4.78 is 12.3. The van der Waals surface area contributed by atoms with E-state index in [-0.39, 0.29) is 17.9 Å². The van der Waals surface area contributed by atoms with E-state index in [1.54, 1.807) is 0 Å². The quantitative estimate of drug-likeness (QED) is 0.724. The Labute approximate surface area is 180 Å². The number of benzene rings is 2. The molecule has 1 N–H and O–H groups in total. The number of hydrogen-bond acceptors (Lipinski definition) is 4. The predicted molar refractivity (Wildman–Crippen MR) is 116 cm³/mol. The van der Waals surface area contributed by atoms with Gasteiger partial charge in [0.15, 0.2) is 11.5 Å². The third-order valence-electron chi connectivity index (χ3n) is 5.70. The molecule has 6 heteroatoms. The number of carbonyl (C=O) groups excluding carboxylic acids is 1. The number of halogens is 1. The van der Waals surface area contributed by atoms with E-state index < -0.39 is 0 Å². The van der Waals surface area contributed by atoms with E-state index in [1.165, 1.54) is 5.56 Å². The molecule has 0 bridgehead atoms. The van der Waals surface area contributed by atoms with Crippen LogP contribution < -0.4 is 14.8 Å². The molecule has 29 heavy (non-hydrogen) atoms. The number of nitrogens with zero attached hydrogens (tertiary/aromatic N) is 1. The van der Waals surface area contributed by atoms with E-state index in [1.807, 2.05) is 25.1 Å². The number of amides is 1. The van der Waals surface area contributed by atoms with Gasteiger partial charge in [-0.05, 0) is 68.2 Å². The topological polar surface area (TPSA) is 50.8 Å². The summed E-state index contributed by atoms with van der Waals surface area (Å²) in [4.78, 5) is 15.2. The highest BCUT2D eigenvalue weighted by Crippen LogP contribution is 2.32. The molecule has 0 saturated carbocycles. The minimum atomic E-state index is -0.0564. The molecule has 2 aromatic rings. The minimum Gasteiger partial charge on any atom is -0.486 e. The summed E-state index contributed by atoms with van der Waals surface area (Å²) in [6.07, 6.45) is 1.80. The van der Waals surface area contributed by atoms with Gasteiger partial charge in [0, 0.05) is 16.9 Å². The number of fused-ring (bicyclic) bond motifs is 1. The number of likely N-dealkylation sites (tertiary alicyclic amines) is 1. The molecular weight excluding hydrogens is 432 g/mol. The molecule has 154 valence electrons. The first-order valence-electron chi connectivity index (χ1n) is 10.3. The molecule has 0 aromatic heterocycles. The molecule has 0 aliphatic carbocycles. The van der Waals surface area contributed by atoms with Crippen LogP contribution in [0.15, 0.2) is 46.9 Å². The van der Waals surface area contributed by atoms with Crippen LogP contribution in [0.5, 0.6) is 11.5 Å². The van der Waals surface area contributed by atoms with Gasteiger partial charge in [-0.15, -0.1) is 0 Å². The Balaban J connectivity index is 1.27. The van der Waals surface area contributed by atoms with E-state index >= 15 is 0 Å². The highest BCUT2D eigenvalue weighted by molar-refractivity contribution is 9.10. The standard InChI is InChI=1S/C23H27BrN2O3/c1-16(19-4-7-21-22(14-19)29-13-12-28-21)25-23(27)18-8-10-26(11-9-18)15-17-2-5-20(24)6-3-17/h2-7,14,16,18H,8-13,15H2,1H3,(H,25,27)/t16-/m1/s1. The lowest BCUT2D eigenvalue weighted by molar-refractivity contribution is -0.127. The van der Waals surface area contributed by atoms with Crippen molar-refractivity contribution < 1.29 is 14.3 Å². The molecule has 1 fully saturated rings. The molecule has 2 heterocycles. The second-order valence-electron chi connectivity index (χ2n) is 7.81. The average Bonchev–Trinajstić information content (AvgIpc) is 2.75. The van der Waals surface area contributed by atoms with Gasteiger partial charge in [0.1, 0.15) is 13.2 Å². The van der Waals surface area contributed by atoms with Crippen LogP contribution >= 0.6 is 15.9 Å². The van der Waals surface area contributed by atoms with Gasteiger partial charge in [-0.3, -0.25) is 9.69 Å². The molecule has 2 aliphatic rings. The van der Waals surface area contributed by atoms with Crippen molar-refractivity contribution in [2.24, 2.45) is 5.92 Å². The van der Waals surface area contributed by atoms with Gasteiger partial charge in [-0.25, -0.2) is 0 Å². The number of hydrogen-bond donors (Lipinski definition) is 1. The summed E-state index contributed by atoms with van der Waals surface area (Å²) >= 11 is 3.48. The molecule has 0 spiro atoms. The number of carbonyl (C=O) groups is 1. The minimum absolute atomic E-state index is 0.0564. The average molecular weight is 459 g/mol. The third-order valence-corrected chi connectivity index (χ3v) is 6.23. The summed E-state index contributed by atoms with van der Waals surface area (Å²) in [7, 11) is 0. The van der Waals surface area contributed by atoms with Gasteiger partial charge in [0.25, 0.3) is 0 Å². The number of rotatable bonds is 5. The molecule has 5 nitrogen and oxygen atoms in total. The lowest BCUT2D eigenvalue weighted by atomic mass is 9.94. The van der Waals surface area contributed by atoms with E-state index in [0.717, 1.165) is 54.0 Å². The highest BCUT2D eigenvalue weighted by atomic mass is 79.9. The predicted octanol–water partition coefficient (Wildman–Crippen LogP) is 4.31. The summed E-state index contributed by atoms with van der Waals surface area (Å²) in [5.74, 6) is 1.76. The Bertz CT molecular complexity index is 848. The van der Waals surface area contributed by atoms with Crippen molar-refractivity contribution in [3.63, 3.8) is 0 Å². The van der Waals surface area contributed by atoms with Crippen LogP contribution in [0.4, 0.5) is 0 Å². The maximum absolute atomic E-state index is 12.8. The van der Waals surface area contributed by atoms with E-state index in [2.05, 4.69) is 50.4 Å². The lowest BCUT2D eigenvalue weighted by Crippen LogP contribution is -2.40. The summed E-state index contributed by atoms with van der Waals surface area (Å²) in [5.41, 5.74) is 2.35. The zero-order valence-corrected chi connectivity index (χ0v) is 18.3. The van der Waals surface area contributed by atoms with Crippen LogP contribution in [0, 0.1) is 5.92 Å². The lowest BCUT2D eigenvalue weighted by Gasteiger charge is -2.32. The Kier molecular flexibility index (Phi) is 6.40. The van der Waals surface area contributed by atoms with Crippen molar-refractivity contribution >= 4 is 21.8 Å². The largest absolute Gasteiger partial charge is 0.486 e. The molecule has 2 aromatic carbocycles. The van der Waals surface area contributed by atoms with Crippen molar-refractivity contribution in [1.82, 2.24) is 10.2 Å². The molecule has 0 unspecified atom stereocenters. The van der Waals surface area contributed by atoms with E-state index in [0.29, 0.717) is 13.2 Å². The van der Waals surface area contributed by atoms with E-state index in [9.17, 15) is 4.79 Å². The normalized spacial score (nSPS) is 18.3. The first kappa shape index (κ1) is 20.2. The Hall–Kier alpha value is -2.05. The van der Waals surface area contributed by atoms with E-state index in [4.69, 9.17) is 9.47 Å². The van der Waals surface area contributed by atoms with Gasteiger partial charge in [-0.2, -0.15) is 0 Å². The third kappa shape index (κ3) is 5.11. The fourth-order valence-electron chi connectivity index (χ4n) is 3.95. The maximum atomic E-state index is 12.8. The first-order chi connectivity index (χ1) is 14.1. The van der Waals surface area contributed by atoms with Gasteiger partial charge >= 0.3 is 0 Å². The SMILES string of the molecule is C[C@@H](NC(=O)C1CCN(Cc2ccc(Br)cc2)CC1)c1ccc2c(c1)OCCO2. The summed E-state index contributed by atoms with van der Waals surface area (Å²) in [6, 6.07) is 14.3. The fraction of sp³-hybridized carbons (Fsp3) is 0.435. The second-order valence-corrected chi connectivity index (χ2v) is 8.73. The van der Waals surface area contributed by atoms with Gasteiger partial charge < -0.3 is 14.8 Å². The number of piperidine rings is 1. The van der Waals surface area contributed by atoms with Gasteiger partial charge in [0.2, 0.25) is 5.91 Å². The van der Waals surface area contributed by atoms with Crippen molar-refractivity contribution in [2.45, 2.75) is 32.4 Å². The Morgan fingerprint density at radius 1 is 1.10 bits per heavy atom. The van der Waals surface area contributed by atoms with Crippen LogP contribution in [0.1, 0.15) is 36.9 Å². The zero-order valence-electron chi connectivity index (χ0n) is 16.7. The molecule has 1 saturated heterocycles. The van der Waals surface area contributed by atoms with Crippen LogP contribution in [0.3, 0.4) is 0 Å². The van der Waals surface area contributed by atoms with Crippen molar-refractivity contribution in [2.75, 3.05) is 26.3 Å². The summed E-state index contributed by atoms with van der Waals surface area (Å²) in [5, 5.41) is 3.18. The summed E-state index contributed by atoms with van der Waals surface area (Å²) in [6.45, 7) is 6.01. The fourth-order valence-corrected chi connectivity index (χ4v) is 4.21. The molecule has 2 aliphatic heterocycles. The smallest absolute Gasteiger partial charge is 0.223 e. The van der Waals surface area contributed by atoms with Crippen molar-refractivity contribution in [3.05, 3.63) is 58.1 Å². The second kappa shape index (κ2) is 9.18. The van der Waals surface area contributed by atoms with Crippen LogP contribution in [0.25, 0.3) is 0 Å². The van der Waals surface area contributed by atoms with Crippen molar-refractivity contribution in [1.29, 1.82) is 0 Å². The Morgan fingerprint density at radius 2 is 1.79 bits per heavy atom. The van der Waals surface area contributed by atoms with Crippen LogP contribution in [-0.2, 0) is 11.3 Å². The van der Waals surface area contributed by atoms with Crippen molar-refractivity contribution in [3.8, 4) is 11.5 Å². The number of ether oxygens (including phenoxy) is 2. The molecule has 1 amide bonds. The first-order valence-corrected chi connectivity index (χ1v) is 11.0. The zero-order chi connectivity index (χ0) is 20.2. The highest BCUT2D eigenvalue weighted by Gasteiger charge is 2.26. The van der Waals surface area contributed by atoms with Crippen LogP contribution in [-0.4, -0.2) is 37.1 Å². The number of nitrogens with one attached hydrogen (secondary N) is 1. The molecule has 4 rings (SSSR count). The Morgan fingerprint density at radius 3 is 2.52 bits per heavy atom. The van der Waals surface area contributed by atoms with Gasteiger partial charge in [0.05, 0.1) is 6.04 Å². The van der Waals surface area contributed by atoms with Crippen LogP contribution in [0.2, 0.25) is 0 Å². The monoisotopic (exact) mass is 458 g/mol. The molecule has 1 atom stereocenters. The van der Waals surface area contributed by atoms with Gasteiger partial charge in [-0.1, -0.05) is 34.1 Å².